The van der Waals surface area contributed by atoms with E-state index in [4.69, 9.17) is 4.74 Å². The van der Waals surface area contributed by atoms with Crippen LogP contribution in [0.1, 0.15) is 10.6 Å². The Labute approximate surface area is 159 Å². The average molecular weight is 417 g/mol. The van der Waals surface area contributed by atoms with Crippen LogP contribution in [0.15, 0.2) is 52.3 Å². The van der Waals surface area contributed by atoms with Crippen molar-refractivity contribution >= 4 is 38.9 Å². The Kier molecular flexibility index (Phi) is 5.50. The fourth-order valence-corrected chi connectivity index (χ4v) is 3.76. The summed E-state index contributed by atoms with van der Waals surface area (Å²) in [6.07, 6.45) is 0.260. The minimum Gasteiger partial charge on any atom is -0.496 e. The molecule has 0 radical (unpaired) electrons. The molecule has 0 aliphatic carbocycles. The number of carbonyl (C=O) groups excluding carboxylic acids is 1. The second kappa shape index (κ2) is 7.80. The van der Waals surface area contributed by atoms with E-state index in [0.29, 0.717) is 0 Å². The summed E-state index contributed by atoms with van der Waals surface area (Å²) < 4.78 is 6.12. The number of aromatic nitrogens is 1. The first-order valence-corrected chi connectivity index (χ1v) is 9.37. The van der Waals surface area contributed by atoms with E-state index in [0.717, 1.165) is 37.7 Å². The van der Waals surface area contributed by atoms with Gasteiger partial charge in [0.05, 0.1) is 23.7 Å². The molecule has 6 heteroatoms. The number of amides is 1. The summed E-state index contributed by atoms with van der Waals surface area (Å²) in [6, 6.07) is 13.6. The smallest absolute Gasteiger partial charge is 0.231 e. The molecule has 3 aromatic rings. The van der Waals surface area contributed by atoms with E-state index >= 15 is 0 Å². The zero-order valence-electron chi connectivity index (χ0n) is 13.9. The molecule has 0 saturated heterocycles. The Balaban J connectivity index is 1.69. The minimum atomic E-state index is -0.0672. The van der Waals surface area contributed by atoms with Gasteiger partial charge in [0.1, 0.15) is 10.8 Å². The van der Waals surface area contributed by atoms with Crippen molar-refractivity contribution < 1.29 is 9.53 Å². The number of anilines is 1. The lowest BCUT2D eigenvalue weighted by Crippen LogP contribution is -2.14. The van der Waals surface area contributed by atoms with Gasteiger partial charge < -0.3 is 10.1 Å². The molecule has 1 amide bonds. The number of halogens is 1. The molecule has 0 unspecified atom stereocenters. The summed E-state index contributed by atoms with van der Waals surface area (Å²) in [5.41, 5.74) is 3.75. The lowest BCUT2D eigenvalue weighted by molar-refractivity contribution is -0.115. The number of thiazole rings is 1. The van der Waals surface area contributed by atoms with E-state index in [1.807, 2.05) is 54.8 Å². The predicted molar refractivity (Wildman–Crippen MR) is 105 cm³/mol. The number of carbonyl (C=O) groups is 1. The highest BCUT2D eigenvalue weighted by molar-refractivity contribution is 9.10. The Bertz CT molecular complexity index is 908. The Morgan fingerprint density at radius 2 is 2.12 bits per heavy atom. The van der Waals surface area contributed by atoms with E-state index in [-0.39, 0.29) is 12.3 Å². The molecule has 1 heterocycles. The van der Waals surface area contributed by atoms with Gasteiger partial charge in [0.15, 0.2) is 0 Å². The quantitative estimate of drug-likeness (QED) is 0.631. The summed E-state index contributed by atoms with van der Waals surface area (Å²) in [5, 5.41) is 5.65. The highest BCUT2D eigenvalue weighted by Crippen LogP contribution is 2.31. The van der Waals surface area contributed by atoms with E-state index in [1.165, 1.54) is 11.3 Å². The van der Waals surface area contributed by atoms with Gasteiger partial charge in [-0.15, -0.1) is 11.3 Å². The Hall–Kier alpha value is -2.18. The van der Waals surface area contributed by atoms with Gasteiger partial charge in [0.2, 0.25) is 5.91 Å². The maximum absolute atomic E-state index is 12.2. The minimum absolute atomic E-state index is 0.0672. The predicted octanol–water partition coefficient (Wildman–Crippen LogP) is 5.07. The van der Waals surface area contributed by atoms with E-state index in [2.05, 4.69) is 26.2 Å². The van der Waals surface area contributed by atoms with Gasteiger partial charge in [0.25, 0.3) is 0 Å². The topological polar surface area (TPSA) is 51.2 Å². The summed E-state index contributed by atoms with van der Waals surface area (Å²) >= 11 is 4.96. The van der Waals surface area contributed by atoms with Crippen molar-refractivity contribution in [3.8, 4) is 17.0 Å². The van der Waals surface area contributed by atoms with Gasteiger partial charge in [0, 0.05) is 16.6 Å². The summed E-state index contributed by atoms with van der Waals surface area (Å²) in [7, 11) is 1.63. The molecule has 0 atom stereocenters. The lowest BCUT2D eigenvalue weighted by atomic mass is 10.2. The number of benzene rings is 2. The normalized spacial score (nSPS) is 10.5. The number of rotatable bonds is 5. The Morgan fingerprint density at radius 3 is 2.84 bits per heavy atom. The Morgan fingerprint density at radius 1 is 1.28 bits per heavy atom. The molecule has 1 N–H and O–H groups in total. The number of methoxy groups -OCH3 is 1. The van der Waals surface area contributed by atoms with Gasteiger partial charge in [-0.3, -0.25) is 4.79 Å². The number of nitrogens with one attached hydrogen (secondary N) is 1. The highest BCUT2D eigenvalue weighted by atomic mass is 79.9. The molecule has 0 aliphatic heterocycles. The third kappa shape index (κ3) is 4.46. The molecule has 0 spiro atoms. The standard InChI is InChI=1S/C19H17BrN2O2S/c1-12-4-3-5-14(8-12)21-18(23)10-19-22-16(11-25-19)13-6-7-17(24-2)15(20)9-13/h3-9,11H,10H2,1-2H3,(H,21,23). The van der Waals surface area contributed by atoms with Gasteiger partial charge in [-0.1, -0.05) is 12.1 Å². The van der Waals surface area contributed by atoms with Crippen molar-refractivity contribution in [2.24, 2.45) is 0 Å². The van der Waals surface area contributed by atoms with Crippen LogP contribution in [0.3, 0.4) is 0 Å². The van der Waals surface area contributed by atoms with Crippen LogP contribution >= 0.6 is 27.3 Å². The first-order chi connectivity index (χ1) is 12.0. The fourth-order valence-electron chi connectivity index (χ4n) is 2.42. The number of hydrogen-bond donors (Lipinski definition) is 1. The molecular weight excluding hydrogens is 400 g/mol. The molecule has 0 aliphatic rings. The van der Waals surface area contributed by atoms with Gasteiger partial charge in [-0.25, -0.2) is 4.98 Å². The summed E-state index contributed by atoms with van der Waals surface area (Å²) in [5.74, 6) is 0.708. The van der Waals surface area contributed by atoms with Crippen LogP contribution in [-0.2, 0) is 11.2 Å². The van der Waals surface area contributed by atoms with Crippen molar-refractivity contribution in [3.63, 3.8) is 0 Å². The van der Waals surface area contributed by atoms with Crippen LogP contribution in [0.5, 0.6) is 5.75 Å². The van der Waals surface area contributed by atoms with E-state index in [1.54, 1.807) is 7.11 Å². The van der Waals surface area contributed by atoms with Gasteiger partial charge in [-0.2, -0.15) is 0 Å². The fraction of sp³-hybridized carbons (Fsp3) is 0.158. The number of ether oxygens (including phenoxy) is 1. The second-order valence-corrected chi connectivity index (χ2v) is 7.37. The zero-order valence-corrected chi connectivity index (χ0v) is 16.3. The molecule has 0 bridgehead atoms. The molecular formula is C19H17BrN2O2S. The molecule has 1 aromatic heterocycles. The first kappa shape index (κ1) is 17.6. The summed E-state index contributed by atoms with van der Waals surface area (Å²) in [6.45, 7) is 2.00. The van der Waals surface area contributed by atoms with Crippen molar-refractivity contribution in [1.29, 1.82) is 0 Å². The van der Waals surface area contributed by atoms with Crippen LogP contribution in [0.2, 0.25) is 0 Å². The number of hydrogen-bond acceptors (Lipinski definition) is 4. The zero-order chi connectivity index (χ0) is 17.8. The highest BCUT2D eigenvalue weighted by Gasteiger charge is 2.11. The van der Waals surface area contributed by atoms with Crippen LogP contribution in [0.25, 0.3) is 11.3 Å². The van der Waals surface area contributed by atoms with Crippen molar-refractivity contribution in [2.45, 2.75) is 13.3 Å². The van der Waals surface area contributed by atoms with E-state index < -0.39 is 0 Å². The maximum Gasteiger partial charge on any atom is 0.231 e. The molecule has 0 saturated carbocycles. The number of nitrogens with zero attached hydrogens (tertiary/aromatic N) is 1. The molecule has 128 valence electrons. The van der Waals surface area contributed by atoms with Crippen molar-refractivity contribution in [1.82, 2.24) is 4.98 Å². The van der Waals surface area contributed by atoms with Crippen LogP contribution < -0.4 is 10.1 Å². The largest absolute Gasteiger partial charge is 0.496 e. The first-order valence-electron chi connectivity index (χ1n) is 7.70. The van der Waals surface area contributed by atoms with E-state index in [9.17, 15) is 4.79 Å². The van der Waals surface area contributed by atoms with Crippen molar-refractivity contribution in [3.05, 3.63) is 62.9 Å². The van der Waals surface area contributed by atoms with Gasteiger partial charge in [-0.05, 0) is 58.7 Å². The monoisotopic (exact) mass is 416 g/mol. The molecule has 0 fully saturated rings. The molecule has 25 heavy (non-hydrogen) atoms. The summed E-state index contributed by atoms with van der Waals surface area (Å²) in [4.78, 5) is 16.8. The van der Waals surface area contributed by atoms with Crippen molar-refractivity contribution in [2.75, 3.05) is 12.4 Å². The lowest BCUT2D eigenvalue weighted by Gasteiger charge is -2.05. The maximum atomic E-state index is 12.2. The SMILES string of the molecule is COc1ccc(-c2csc(CC(=O)Nc3cccc(C)c3)n2)cc1Br. The second-order valence-electron chi connectivity index (χ2n) is 5.57. The van der Waals surface area contributed by atoms with Crippen LogP contribution in [0.4, 0.5) is 5.69 Å². The number of aryl methyl sites for hydroxylation is 1. The third-order valence-electron chi connectivity index (χ3n) is 3.61. The molecule has 3 rings (SSSR count). The van der Waals surface area contributed by atoms with Crippen LogP contribution in [0, 0.1) is 6.92 Å². The molecule has 2 aromatic carbocycles. The average Bonchev–Trinajstić information content (AvgIpc) is 3.03. The van der Waals surface area contributed by atoms with Crippen LogP contribution in [-0.4, -0.2) is 18.0 Å². The third-order valence-corrected chi connectivity index (χ3v) is 5.08. The van der Waals surface area contributed by atoms with Gasteiger partial charge >= 0.3 is 0 Å². The molecule has 4 nitrogen and oxygen atoms in total.